The first-order chi connectivity index (χ1) is 9.34. The van der Waals surface area contributed by atoms with Crippen molar-refractivity contribution in [3.8, 4) is 0 Å². The maximum Gasteiger partial charge on any atom is 0.337 e. The third kappa shape index (κ3) is 5.76. The Morgan fingerprint density at radius 3 is 2.15 bits per heavy atom. The number of aliphatic hydroxyl groups excluding tert-OH is 4. The van der Waals surface area contributed by atoms with E-state index in [4.69, 9.17) is 31.3 Å². The van der Waals surface area contributed by atoms with Crippen LogP contribution in [0.25, 0.3) is 0 Å². The van der Waals surface area contributed by atoms with E-state index < -0.39 is 30.9 Å². The monoisotopic (exact) mass is 287 g/mol. The van der Waals surface area contributed by atoms with Gasteiger partial charge in [-0.05, 0) is 12.1 Å². The van der Waals surface area contributed by atoms with Crippen molar-refractivity contribution in [1.29, 1.82) is 0 Å². The van der Waals surface area contributed by atoms with E-state index in [1.807, 2.05) is 0 Å². The van der Waals surface area contributed by atoms with Crippen molar-refractivity contribution in [3.05, 3.63) is 29.8 Å². The van der Waals surface area contributed by atoms with Gasteiger partial charge in [-0.2, -0.15) is 0 Å². The number of hydrogen-bond donors (Lipinski definition) is 6. The lowest BCUT2D eigenvalue weighted by atomic mass is 10.1. The molecule has 7 N–H and O–H groups in total. The van der Waals surface area contributed by atoms with Gasteiger partial charge in [0.15, 0.2) is 6.29 Å². The van der Waals surface area contributed by atoms with Gasteiger partial charge in [-0.3, -0.25) is 0 Å². The number of aliphatic hydroxyl groups is 4. The second kappa shape index (κ2) is 8.99. The molecule has 0 aliphatic heterocycles. The van der Waals surface area contributed by atoms with Crippen molar-refractivity contribution in [2.45, 2.75) is 18.3 Å². The highest BCUT2D eigenvalue weighted by Crippen LogP contribution is 2.09. The quantitative estimate of drug-likeness (QED) is 0.274. The molecule has 1 aromatic carbocycles. The van der Waals surface area contributed by atoms with Crippen LogP contribution in [0.15, 0.2) is 24.3 Å². The molecule has 8 heteroatoms. The van der Waals surface area contributed by atoms with E-state index in [0.29, 0.717) is 5.69 Å². The Labute approximate surface area is 114 Å². The van der Waals surface area contributed by atoms with E-state index >= 15 is 0 Å². The van der Waals surface area contributed by atoms with Crippen molar-refractivity contribution in [1.82, 2.24) is 0 Å². The first kappa shape index (κ1) is 18.0. The molecule has 0 aliphatic rings. The Balaban J connectivity index is 0.000000361. The first-order valence-electron chi connectivity index (χ1n) is 5.53. The molecular weight excluding hydrogens is 270 g/mol. The molecule has 20 heavy (non-hydrogen) atoms. The Kier molecular flexibility index (Phi) is 8.09. The third-order valence-electron chi connectivity index (χ3n) is 2.26. The van der Waals surface area contributed by atoms with Gasteiger partial charge in [-0.1, -0.05) is 12.1 Å². The van der Waals surface area contributed by atoms with Gasteiger partial charge >= 0.3 is 5.97 Å². The number of carboxylic acid groups (broad SMARTS) is 1. The molecule has 3 atom stereocenters. The van der Waals surface area contributed by atoms with Crippen LogP contribution in [-0.4, -0.2) is 62.7 Å². The minimum Gasteiger partial charge on any atom is -0.478 e. The number of aromatic carboxylic acids is 1. The molecule has 0 amide bonds. The standard InChI is InChI=1S/C7H7NO2.C5H10O5/c8-6-4-2-1-3-5(6)7(9)10;6-1-3(8)5(10)4(9)2-7/h1-4H,8H2,(H,9,10);1,3-5,7-10H,2H2. The van der Waals surface area contributed by atoms with Crippen LogP contribution in [0.4, 0.5) is 5.69 Å². The number of anilines is 1. The highest BCUT2D eigenvalue weighted by atomic mass is 16.4. The van der Waals surface area contributed by atoms with E-state index in [0.717, 1.165) is 0 Å². The molecule has 0 bridgehead atoms. The highest BCUT2D eigenvalue weighted by Gasteiger charge is 2.22. The van der Waals surface area contributed by atoms with Gasteiger partial charge in [0.2, 0.25) is 0 Å². The van der Waals surface area contributed by atoms with E-state index in [9.17, 15) is 9.59 Å². The molecule has 0 saturated heterocycles. The first-order valence-corrected chi connectivity index (χ1v) is 5.53. The van der Waals surface area contributed by atoms with Gasteiger partial charge in [-0.15, -0.1) is 0 Å². The lowest BCUT2D eigenvalue weighted by molar-refractivity contribution is -0.127. The Bertz CT molecular complexity index is 438. The molecule has 112 valence electrons. The number of rotatable bonds is 5. The number of aldehydes is 1. The number of benzene rings is 1. The van der Waals surface area contributed by atoms with Gasteiger partial charge in [0, 0.05) is 5.69 Å². The van der Waals surface area contributed by atoms with Crippen LogP contribution in [-0.2, 0) is 4.79 Å². The fourth-order valence-corrected chi connectivity index (χ4v) is 1.11. The van der Waals surface area contributed by atoms with Crippen LogP contribution in [0.5, 0.6) is 0 Å². The number of nitrogen functional groups attached to an aromatic ring is 1. The summed E-state index contributed by atoms with van der Waals surface area (Å²) in [5.74, 6) is -0.988. The average Bonchev–Trinajstić information content (AvgIpc) is 2.45. The third-order valence-corrected chi connectivity index (χ3v) is 2.26. The molecule has 0 radical (unpaired) electrons. The fraction of sp³-hybridized carbons (Fsp3) is 0.333. The lowest BCUT2D eigenvalue weighted by Crippen LogP contribution is -2.40. The molecule has 1 rings (SSSR count). The Morgan fingerprint density at radius 1 is 1.25 bits per heavy atom. The summed E-state index contributed by atoms with van der Waals surface area (Å²) in [4.78, 5) is 20.1. The maximum atomic E-state index is 10.3. The minimum atomic E-state index is -1.64. The van der Waals surface area contributed by atoms with Crippen LogP contribution in [0.2, 0.25) is 0 Å². The van der Waals surface area contributed by atoms with Crippen LogP contribution >= 0.6 is 0 Å². The molecule has 8 nitrogen and oxygen atoms in total. The van der Waals surface area contributed by atoms with E-state index in [-0.39, 0.29) is 11.8 Å². The lowest BCUT2D eigenvalue weighted by Gasteiger charge is -2.16. The van der Waals surface area contributed by atoms with Gasteiger partial charge in [-0.25, -0.2) is 4.79 Å². The summed E-state index contributed by atoms with van der Waals surface area (Å²) >= 11 is 0. The summed E-state index contributed by atoms with van der Waals surface area (Å²) in [5, 5.41) is 42.5. The minimum absolute atomic E-state index is 0.0869. The van der Waals surface area contributed by atoms with E-state index in [1.165, 1.54) is 6.07 Å². The number of hydrogen-bond acceptors (Lipinski definition) is 7. The zero-order chi connectivity index (χ0) is 15.7. The second-order valence-corrected chi connectivity index (χ2v) is 3.76. The average molecular weight is 287 g/mol. The van der Waals surface area contributed by atoms with Crippen molar-refractivity contribution in [3.63, 3.8) is 0 Å². The van der Waals surface area contributed by atoms with Crippen LogP contribution in [0.3, 0.4) is 0 Å². The number of nitrogens with two attached hydrogens (primary N) is 1. The molecule has 1 aromatic rings. The van der Waals surface area contributed by atoms with Gasteiger partial charge < -0.3 is 36.1 Å². The molecule has 0 fully saturated rings. The second-order valence-electron chi connectivity index (χ2n) is 3.76. The van der Waals surface area contributed by atoms with Crippen molar-refractivity contribution in [2.75, 3.05) is 12.3 Å². The summed E-state index contributed by atoms with van der Waals surface area (Å²) in [6.07, 6.45) is -4.63. The van der Waals surface area contributed by atoms with Gasteiger partial charge in [0.05, 0.1) is 12.2 Å². The van der Waals surface area contributed by atoms with Crippen molar-refractivity contribution in [2.24, 2.45) is 0 Å². The summed E-state index contributed by atoms with van der Waals surface area (Å²) in [6.45, 7) is -0.688. The molecule has 3 unspecified atom stereocenters. The molecule has 0 aromatic heterocycles. The Morgan fingerprint density at radius 2 is 1.80 bits per heavy atom. The molecular formula is C12H17NO7. The largest absolute Gasteiger partial charge is 0.478 e. The summed E-state index contributed by atoms with van der Waals surface area (Å²) in [7, 11) is 0. The highest BCUT2D eigenvalue weighted by molar-refractivity contribution is 5.93. The zero-order valence-electron chi connectivity index (χ0n) is 10.5. The summed E-state index contributed by atoms with van der Waals surface area (Å²) in [5.41, 5.74) is 5.80. The van der Waals surface area contributed by atoms with Crippen molar-refractivity contribution >= 4 is 17.9 Å². The zero-order valence-corrected chi connectivity index (χ0v) is 10.5. The number of carbonyl (C=O) groups excluding carboxylic acids is 1. The number of carbonyl (C=O) groups is 2. The van der Waals surface area contributed by atoms with Gasteiger partial charge in [0.1, 0.15) is 18.3 Å². The predicted molar refractivity (Wildman–Crippen MR) is 69.0 cm³/mol. The molecule has 0 saturated carbocycles. The predicted octanol–water partition coefficient (Wildman–Crippen LogP) is -1.77. The Hall–Kier alpha value is -2.00. The van der Waals surface area contributed by atoms with Crippen LogP contribution in [0.1, 0.15) is 10.4 Å². The maximum absolute atomic E-state index is 10.3. The van der Waals surface area contributed by atoms with E-state index in [2.05, 4.69) is 0 Å². The SMILES string of the molecule is Nc1ccccc1C(=O)O.O=CC(O)C(O)C(O)CO. The van der Waals surface area contributed by atoms with Crippen LogP contribution < -0.4 is 5.73 Å². The summed E-state index contributed by atoms with van der Waals surface area (Å²) < 4.78 is 0. The number of carboxylic acids is 1. The molecule has 0 aliphatic carbocycles. The van der Waals surface area contributed by atoms with Gasteiger partial charge in [0.25, 0.3) is 0 Å². The molecule has 0 spiro atoms. The molecule has 0 heterocycles. The normalized spacial score (nSPS) is 14.4. The summed E-state index contributed by atoms with van der Waals surface area (Å²) in [6, 6.07) is 6.36. The smallest absolute Gasteiger partial charge is 0.337 e. The fourth-order valence-electron chi connectivity index (χ4n) is 1.11. The van der Waals surface area contributed by atoms with Crippen molar-refractivity contribution < 1.29 is 35.1 Å². The van der Waals surface area contributed by atoms with E-state index in [1.54, 1.807) is 18.2 Å². The number of para-hydroxylation sites is 1. The topological polar surface area (TPSA) is 161 Å². The van der Waals surface area contributed by atoms with Crippen LogP contribution in [0, 0.1) is 0 Å².